The molecule has 0 aliphatic rings. The number of nitrogens with one attached hydrogen (secondary N) is 1. The second-order valence-corrected chi connectivity index (χ2v) is 4.40. The van der Waals surface area contributed by atoms with Crippen LogP contribution in [0, 0.1) is 0 Å². The third-order valence-electron chi connectivity index (χ3n) is 2.42. The van der Waals surface area contributed by atoms with Crippen LogP contribution in [-0.2, 0) is 4.74 Å². The Labute approximate surface area is 116 Å². The molecule has 108 valence electrons. The van der Waals surface area contributed by atoms with Gasteiger partial charge in [-0.2, -0.15) is 0 Å². The molecule has 0 bridgehead atoms. The van der Waals surface area contributed by atoms with E-state index in [9.17, 15) is 0 Å². The lowest BCUT2D eigenvalue weighted by molar-refractivity contribution is 0.0804. The SMILES string of the molecule is CCOc1ccccc1OCCNCCOC(C)C. The van der Waals surface area contributed by atoms with Crippen LogP contribution >= 0.6 is 0 Å². The van der Waals surface area contributed by atoms with E-state index in [0.717, 1.165) is 31.2 Å². The van der Waals surface area contributed by atoms with Crippen LogP contribution in [0.3, 0.4) is 0 Å². The van der Waals surface area contributed by atoms with Crippen molar-refractivity contribution in [1.82, 2.24) is 5.32 Å². The molecule has 4 nitrogen and oxygen atoms in total. The van der Waals surface area contributed by atoms with Crippen molar-refractivity contribution in [2.75, 3.05) is 32.9 Å². The summed E-state index contributed by atoms with van der Waals surface area (Å²) in [7, 11) is 0. The van der Waals surface area contributed by atoms with Crippen molar-refractivity contribution in [1.29, 1.82) is 0 Å². The molecule has 0 spiro atoms. The minimum absolute atomic E-state index is 0.288. The lowest BCUT2D eigenvalue weighted by Gasteiger charge is -2.12. The fraction of sp³-hybridized carbons (Fsp3) is 0.600. The standard InChI is InChI=1S/C15H25NO3/c1-4-17-14-7-5-6-8-15(14)19-12-10-16-9-11-18-13(2)3/h5-8,13,16H,4,9-12H2,1-3H3. The van der Waals surface area contributed by atoms with Crippen molar-refractivity contribution >= 4 is 0 Å². The van der Waals surface area contributed by atoms with E-state index in [-0.39, 0.29) is 6.10 Å². The van der Waals surface area contributed by atoms with E-state index >= 15 is 0 Å². The molecule has 0 saturated carbocycles. The van der Waals surface area contributed by atoms with Crippen LogP contribution in [0.4, 0.5) is 0 Å². The van der Waals surface area contributed by atoms with Crippen molar-refractivity contribution in [2.45, 2.75) is 26.9 Å². The summed E-state index contributed by atoms with van der Waals surface area (Å²) in [6, 6.07) is 7.73. The largest absolute Gasteiger partial charge is 0.490 e. The van der Waals surface area contributed by atoms with E-state index in [1.807, 2.05) is 45.0 Å². The van der Waals surface area contributed by atoms with Crippen molar-refractivity contribution in [2.24, 2.45) is 0 Å². The van der Waals surface area contributed by atoms with Gasteiger partial charge in [-0.05, 0) is 32.9 Å². The summed E-state index contributed by atoms with van der Waals surface area (Å²) in [6.07, 6.45) is 0.288. The normalized spacial score (nSPS) is 10.7. The zero-order valence-corrected chi connectivity index (χ0v) is 12.1. The highest BCUT2D eigenvalue weighted by molar-refractivity contribution is 5.39. The van der Waals surface area contributed by atoms with Crippen molar-refractivity contribution in [3.8, 4) is 11.5 Å². The molecule has 19 heavy (non-hydrogen) atoms. The van der Waals surface area contributed by atoms with Gasteiger partial charge in [-0.3, -0.25) is 0 Å². The number of hydrogen-bond donors (Lipinski definition) is 1. The predicted octanol–water partition coefficient (Wildman–Crippen LogP) is 2.48. The molecule has 0 atom stereocenters. The molecule has 0 unspecified atom stereocenters. The Morgan fingerprint density at radius 2 is 1.63 bits per heavy atom. The summed E-state index contributed by atoms with van der Waals surface area (Å²) in [6.45, 7) is 9.66. The van der Waals surface area contributed by atoms with Crippen LogP contribution < -0.4 is 14.8 Å². The van der Waals surface area contributed by atoms with Crippen molar-refractivity contribution in [3.63, 3.8) is 0 Å². The summed E-state index contributed by atoms with van der Waals surface area (Å²) in [5, 5.41) is 3.27. The van der Waals surface area contributed by atoms with Gasteiger partial charge in [0, 0.05) is 13.1 Å². The summed E-state index contributed by atoms with van der Waals surface area (Å²) >= 11 is 0. The van der Waals surface area contributed by atoms with E-state index in [2.05, 4.69) is 5.32 Å². The third-order valence-corrected chi connectivity index (χ3v) is 2.42. The fourth-order valence-corrected chi connectivity index (χ4v) is 1.57. The molecule has 0 fully saturated rings. The monoisotopic (exact) mass is 267 g/mol. The molecular weight excluding hydrogens is 242 g/mol. The Bertz CT molecular complexity index is 342. The second-order valence-electron chi connectivity index (χ2n) is 4.40. The molecule has 0 aliphatic carbocycles. The lowest BCUT2D eigenvalue weighted by atomic mass is 10.3. The van der Waals surface area contributed by atoms with Gasteiger partial charge >= 0.3 is 0 Å². The molecule has 1 rings (SSSR count). The van der Waals surface area contributed by atoms with Crippen LogP contribution in [0.5, 0.6) is 11.5 Å². The molecule has 0 aromatic heterocycles. The highest BCUT2D eigenvalue weighted by Crippen LogP contribution is 2.25. The first-order valence-corrected chi connectivity index (χ1v) is 6.91. The molecule has 0 radical (unpaired) electrons. The molecule has 1 aromatic rings. The van der Waals surface area contributed by atoms with Crippen LogP contribution in [0.1, 0.15) is 20.8 Å². The maximum Gasteiger partial charge on any atom is 0.161 e. The average molecular weight is 267 g/mol. The number of hydrogen-bond acceptors (Lipinski definition) is 4. The molecule has 0 amide bonds. The van der Waals surface area contributed by atoms with Gasteiger partial charge in [0.1, 0.15) is 6.61 Å². The zero-order valence-electron chi connectivity index (χ0n) is 12.1. The van der Waals surface area contributed by atoms with E-state index in [1.165, 1.54) is 0 Å². The van der Waals surface area contributed by atoms with Crippen LogP contribution in [-0.4, -0.2) is 39.0 Å². The minimum atomic E-state index is 0.288. The number of para-hydroxylation sites is 2. The average Bonchev–Trinajstić information content (AvgIpc) is 2.39. The van der Waals surface area contributed by atoms with Gasteiger partial charge < -0.3 is 19.5 Å². The number of benzene rings is 1. The molecule has 0 aliphatic heterocycles. The Hall–Kier alpha value is -1.26. The van der Waals surface area contributed by atoms with Crippen LogP contribution in [0.2, 0.25) is 0 Å². The first kappa shape index (κ1) is 15.8. The van der Waals surface area contributed by atoms with Gasteiger partial charge in [0.2, 0.25) is 0 Å². The van der Waals surface area contributed by atoms with Gasteiger partial charge in [0.15, 0.2) is 11.5 Å². The third kappa shape index (κ3) is 7.03. The first-order chi connectivity index (χ1) is 9.24. The maximum absolute atomic E-state index is 5.69. The fourth-order valence-electron chi connectivity index (χ4n) is 1.57. The summed E-state index contributed by atoms with van der Waals surface area (Å²) in [4.78, 5) is 0. The van der Waals surface area contributed by atoms with Gasteiger partial charge in [-0.1, -0.05) is 12.1 Å². The van der Waals surface area contributed by atoms with E-state index < -0.39 is 0 Å². The smallest absolute Gasteiger partial charge is 0.161 e. The Morgan fingerprint density at radius 1 is 1.00 bits per heavy atom. The summed E-state index contributed by atoms with van der Waals surface area (Å²) in [5.41, 5.74) is 0. The van der Waals surface area contributed by atoms with E-state index in [1.54, 1.807) is 0 Å². The quantitative estimate of drug-likeness (QED) is 0.661. The number of ether oxygens (including phenoxy) is 3. The maximum atomic E-state index is 5.69. The van der Waals surface area contributed by atoms with Crippen molar-refractivity contribution < 1.29 is 14.2 Å². The van der Waals surface area contributed by atoms with E-state index in [4.69, 9.17) is 14.2 Å². The molecule has 0 heterocycles. The van der Waals surface area contributed by atoms with Crippen molar-refractivity contribution in [3.05, 3.63) is 24.3 Å². The molecule has 0 saturated heterocycles. The van der Waals surface area contributed by atoms with Gasteiger partial charge in [0.25, 0.3) is 0 Å². The minimum Gasteiger partial charge on any atom is -0.490 e. The zero-order chi connectivity index (χ0) is 13.9. The van der Waals surface area contributed by atoms with E-state index in [0.29, 0.717) is 13.2 Å². The highest BCUT2D eigenvalue weighted by Gasteiger charge is 2.02. The Kier molecular flexibility index (Phi) is 8.02. The topological polar surface area (TPSA) is 39.7 Å². The molecule has 1 N–H and O–H groups in total. The Balaban J connectivity index is 2.15. The first-order valence-electron chi connectivity index (χ1n) is 6.91. The summed E-state index contributed by atoms with van der Waals surface area (Å²) < 4.78 is 16.6. The molecular formula is C15H25NO3. The molecule has 1 aromatic carbocycles. The lowest BCUT2D eigenvalue weighted by Crippen LogP contribution is -2.26. The van der Waals surface area contributed by atoms with Crippen LogP contribution in [0.15, 0.2) is 24.3 Å². The van der Waals surface area contributed by atoms with Gasteiger partial charge in [0.05, 0.1) is 19.3 Å². The van der Waals surface area contributed by atoms with Gasteiger partial charge in [-0.15, -0.1) is 0 Å². The highest BCUT2D eigenvalue weighted by atomic mass is 16.5. The van der Waals surface area contributed by atoms with Gasteiger partial charge in [-0.25, -0.2) is 0 Å². The second kappa shape index (κ2) is 9.64. The molecule has 4 heteroatoms. The number of rotatable bonds is 10. The summed E-state index contributed by atoms with van der Waals surface area (Å²) in [5.74, 6) is 1.60. The van der Waals surface area contributed by atoms with Crippen LogP contribution in [0.25, 0.3) is 0 Å². The Morgan fingerprint density at radius 3 is 2.26 bits per heavy atom. The predicted molar refractivity (Wildman–Crippen MR) is 77.1 cm³/mol.